The Morgan fingerprint density at radius 2 is 1.82 bits per heavy atom. The molecule has 0 radical (unpaired) electrons. The van der Waals surface area contributed by atoms with E-state index >= 15 is 0 Å². The lowest BCUT2D eigenvalue weighted by Gasteiger charge is -2.26. The fourth-order valence-electron chi connectivity index (χ4n) is 3.56. The van der Waals surface area contributed by atoms with Gasteiger partial charge in [0.25, 0.3) is 5.56 Å². The van der Waals surface area contributed by atoms with Crippen LogP contribution < -0.4 is 16.0 Å². The topological polar surface area (TPSA) is 119 Å². The SMILES string of the molecule is N#Cc1c(N)[nH]c(=O)c(C#N)c1-c1ccccc1OCCCN1CCCCC1. The van der Waals surface area contributed by atoms with Crippen LogP contribution in [0.15, 0.2) is 29.1 Å². The average molecular weight is 377 g/mol. The van der Waals surface area contributed by atoms with Gasteiger partial charge in [-0.25, -0.2) is 0 Å². The van der Waals surface area contributed by atoms with Crippen LogP contribution >= 0.6 is 0 Å². The summed E-state index contributed by atoms with van der Waals surface area (Å²) in [5.41, 5.74) is 5.86. The number of likely N-dealkylation sites (tertiary alicyclic amines) is 1. The Labute approximate surface area is 164 Å². The first-order chi connectivity index (χ1) is 13.7. The van der Waals surface area contributed by atoms with Crippen molar-refractivity contribution in [3.8, 4) is 29.0 Å². The molecule has 3 rings (SSSR count). The minimum Gasteiger partial charge on any atom is -0.493 e. The number of nitrogens with two attached hydrogens (primary N) is 1. The number of para-hydroxylation sites is 1. The largest absolute Gasteiger partial charge is 0.493 e. The summed E-state index contributed by atoms with van der Waals surface area (Å²) in [5, 5.41) is 19.0. The molecule has 0 unspecified atom stereocenters. The van der Waals surface area contributed by atoms with E-state index in [1.54, 1.807) is 18.2 Å². The number of piperidine rings is 1. The van der Waals surface area contributed by atoms with Crippen molar-refractivity contribution in [2.75, 3.05) is 32.0 Å². The van der Waals surface area contributed by atoms with Gasteiger partial charge in [0.05, 0.1) is 6.61 Å². The highest BCUT2D eigenvalue weighted by atomic mass is 16.5. The average Bonchev–Trinajstić information content (AvgIpc) is 2.72. The maximum absolute atomic E-state index is 12.2. The number of ether oxygens (including phenoxy) is 1. The molecule has 0 amide bonds. The Morgan fingerprint density at radius 3 is 2.54 bits per heavy atom. The molecule has 2 heterocycles. The molecular formula is C21H23N5O2. The van der Waals surface area contributed by atoms with Gasteiger partial charge in [0.1, 0.15) is 34.8 Å². The summed E-state index contributed by atoms with van der Waals surface area (Å²) in [4.78, 5) is 17.0. The minimum absolute atomic E-state index is 0.0543. The third-order valence-electron chi connectivity index (χ3n) is 4.95. The zero-order chi connectivity index (χ0) is 19.9. The van der Waals surface area contributed by atoms with Crippen molar-refractivity contribution >= 4 is 5.82 Å². The number of aromatic amines is 1. The second-order valence-corrected chi connectivity index (χ2v) is 6.82. The summed E-state index contributed by atoms with van der Waals surface area (Å²) in [6.07, 6.45) is 4.69. The number of nitriles is 2. The molecule has 0 bridgehead atoms. The minimum atomic E-state index is -0.617. The fourth-order valence-corrected chi connectivity index (χ4v) is 3.56. The van der Waals surface area contributed by atoms with Crippen LogP contribution in [0.2, 0.25) is 0 Å². The highest BCUT2D eigenvalue weighted by Gasteiger charge is 2.21. The van der Waals surface area contributed by atoms with E-state index in [0.717, 1.165) is 26.1 Å². The predicted octanol–water partition coefficient (Wildman–Crippen LogP) is 2.62. The maximum Gasteiger partial charge on any atom is 0.268 e. The Bertz CT molecular complexity index is 978. The van der Waals surface area contributed by atoms with E-state index < -0.39 is 5.56 Å². The molecule has 2 aromatic rings. The van der Waals surface area contributed by atoms with Crippen LogP contribution in [0, 0.1) is 22.7 Å². The molecule has 0 aliphatic carbocycles. The van der Waals surface area contributed by atoms with E-state index in [-0.39, 0.29) is 22.5 Å². The molecule has 1 saturated heterocycles. The molecule has 1 aromatic carbocycles. The molecule has 1 aliphatic heterocycles. The predicted molar refractivity (Wildman–Crippen MR) is 107 cm³/mol. The summed E-state index contributed by atoms with van der Waals surface area (Å²) < 4.78 is 5.96. The molecular weight excluding hydrogens is 354 g/mol. The second kappa shape index (κ2) is 9.07. The third kappa shape index (κ3) is 4.16. The molecule has 1 aromatic heterocycles. The number of nitrogens with zero attached hydrogens (tertiary/aromatic N) is 3. The van der Waals surface area contributed by atoms with Crippen LogP contribution in [-0.2, 0) is 0 Å². The highest BCUT2D eigenvalue weighted by Crippen LogP contribution is 2.35. The number of rotatable bonds is 6. The fraction of sp³-hybridized carbons (Fsp3) is 0.381. The number of hydrogen-bond acceptors (Lipinski definition) is 6. The summed E-state index contributed by atoms with van der Waals surface area (Å²) in [7, 11) is 0. The van der Waals surface area contributed by atoms with Gasteiger partial charge in [-0.2, -0.15) is 10.5 Å². The molecule has 3 N–H and O–H groups in total. The molecule has 0 saturated carbocycles. The van der Waals surface area contributed by atoms with Gasteiger partial charge in [0, 0.05) is 17.7 Å². The van der Waals surface area contributed by atoms with Gasteiger partial charge in [-0.05, 0) is 38.4 Å². The Hall–Kier alpha value is -3.29. The number of benzene rings is 1. The van der Waals surface area contributed by atoms with Crippen molar-refractivity contribution in [3.05, 3.63) is 45.7 Å². The highest BCUT2D eigenvalue weighted by molar-refractivity contribution is 5.83. The monoisotopic (exact) mass is 377 g/mol. The number of nitrogen functional groups attached to an aromatic ring is 1. The number of pyridine rings is 1. The van der Waals surface area contributed by atoms with Crippen molar-refractivity contribution in [2.45, 2.75) is 25.7 Å². The summed E-state index contributed by atoms with van der Waals surface area (Å²) in [6.45, 7) is 3.77. The number of anilines is 1. The Balaban J connectivity index is 1.84. The van der Waals surface area contributed by atoms with Crippen molar-refractivity contribution in [3.63, 3.8) is 0 Å². The molecule has 144 valence electrons. The van der Waals surface area contributed by atoms with E-state index in [0.29, 0.717) is 17.9 Å². The van der Waals surface area contributed by atoms with Crippen LogP contribution in [-0.4, -0.2) is 36.1 Å². The lowest BCUT2D eigenvalue weighted by Crippen LogP contribution is -2.31. The third-order valence-corrected chi connectivity index (χ3v) is 4.95. The van der Waals surface area contributed by atoms with Crippen LogP contribution in [0.5, 0.6) is 5.75 Å². The maximum atomic E-state index is 12.2. The van der Waals surface area contributed by atoms with E-state index in [9.17, 15) is 15.3 Å². The van der Waals surface area contributed by atoms with Gasteiger partial charge in [-0.15, -0.1) is 0 Å². The van der Waals surface area contributed by atoms with Crippen molar-refractivity contribution < 1.29 is 4.74 Å². The van der Waals surface area contributed by atoms with E-state index in [1.807, 2.05) is 18.2 Å². The van der Waals surface area contributed by atoms with Gasteiger partial charge in [-0.1, -0.05) is 24.6 Å². The van der Waals surface area contributed by atoms with Gasteiger partial charge in [0.2, 0.25) is 0 Å². The molecule has 28 heavy (non-hydrogen) atoms. The molecule has 7 heteroatoms. The van der Waals surface area contributed by atoms with Crippen LogP contribution in [0.3, 0.4) is 0 Å². The van der Waals surface area contributed by atoms with Crippen LogP contribution in [0.4, 0.5) is 5.82 Å². The first-order valence-electron chi connectivity index (χ1n) is 9.46. The van der Waals surface area contributed by atoms with Crippen molar-refractivity contribution in [1.29, 1.82) is 10.5 Å². The molecule has 7 nitrogen and oxygen atoms in total. The van der Waals surface area contributed by atoms with E-state index in [2.05, 4.69) is 9.88 Å². The first kappa shape index (κ1) is 19.5. The second-order valence-electron chi connectivity index (χ2n) is 6.82. The van der Waals surface area contributed by atoms with Crippen molar-refractivity contribution in [2.24, 2.45) is 0 Å². The van der Waals surface area contributed by atoms with Gasteiger partial charge >= 0.3 is 0 Å². The molecule has 1 aliphatic rings. The smallest absolute Gasteiger partial charge is 0.268 e. The number of nitrogens with one attached hydrogen (secondary N) is 1. The van der Waals surface area contributed by atoms with Gasteiger partial charge in [0.15, 0.2) is 0 Å². The number of hydrogen-bond donors (Lipinski definition) is 2. The lowest BCUT2D eigenvalue weighted by molar-refractivity contribution is 0.205. The summed E-state index contributed by atoms with van der Waals surface area (Å²) in [5.74, 6) is 0.473. The van der Waals surface area contributed by atoms with E-state index in [4.69, 9.17) is 10.5 Å². The number of H-pyrrole nitrogens is 1. The number of aromatic nitrogens is 1. The zero-order valence-corrected chi connectivity index (χ0v) is 15.7. The summed E-state index contributed by atoms with van der Waals surface area (Å²) >= 11 is 0. The lowest BCUT2D eigenvalue weighted by atomic mass is 9.96. The zero-order valence-electron chi connectivity index (χ0n) is 15.7. The first-order valence-corrected chi connectivity index (χ1v) is 9.46. The Morgan fingerprint density at radius 1 is 1.11 bits per heavy atom. The normalized spacial score (nSPS) is 14.2. The van der Waals surface area contributed by atoms with Crippen LogP contribution in [0.1, 0.15) is 36.8 Å². The standard InChI is InChI=1S/C21H23N5O2/c22-13-16-19(17(14-23)21(27)25-20(16)24)15-7-2-3-8-18(15)28-12-6-11-26-9-4-1-5-10-26/h2-3,7-8H,1,4-6,9-12H2,(H3,24,25,27). The quantitative estimate of drug-likeness (QED) is 0.747. The molecule has 1 fully saturated rings. The van der Waals surface area contributed by atoms with Crippen LogP contribution in [0.25, 0.3) is 11.1 Å². The van der Waals surface area contributed by atoms with E-state index in [1.165, 1.54) is 19.3 Å². The van der Waals surface area contributed by atoms with Gasteiger partial charge < -0.3 is 20.4 Å². The Kier molecular flexibility index (Phi) is 6.31. The molecule has 0 spiro atoms. The van der Waals surface area contributed by atoms with Gasteiger partial charge in [-0.3, -0.25) is 4.79 Å². The van der Waals surface area contributed by atoms with Crippen molar-refractivity contribution in [1.82, 2.24) is 9.88 Å². The molecule has 0 atom stereocenters. The summed E-state index contributed by atoms with van der Waals surface area (Å²) in [6, 6.07) is 11.0.